The number of benzene rings is 1. The van der Waals surface area contributed by atoms with Gasteiger partial charge < -0.3 is 15.7 Å². The summed E-state index contributed by atoms with van der Waals surface area (Å²) in [4.78, 5) is 26.7. The van der Waals surface area contributed by atoms with Crippen molar-refractivity contribution in [3.05, 3.63) is 40.5 Å². The third-order valence-electron chi connectivity index (χ3n) is 4.72. The van der Waals surface area contributed by atoms with Gasteiger partial charge in [0.05, 0.1) is 30.5 Å². The molecule has 0 radical (unpaired) electrons. The molecule has 0 aliphatic carbocycles. The molecule has 3 N–H and O–H groups in total. The van der Waals surface area contributed by atoms with E-state index in [1.807, 2.05) is 20.8 Å². The van der Waals surface area contributed by atoms with Gasteiger partial charge in [-0.2, -0.15) is 5.10 Å². The highest BCUT2D eigenvalue weighted by atomic mass is 35.5. The molecule has 1 aliphatic rings. The van der Waals surface area contributed by atoms with E-state index in [0.29, 0.717) is 34.9 Å². The van der Waals surface area contributed by atoms with Gasteiger partial charge in [0.1, 0.15) is 5.69 Å². The Kier molecular flexibility index (Phi) is 5.50. The zero-order chi connectivity index (χ0) is 20.6. The molecule has 0 saturated heterocycles. The Labute approximate surface area is 169 Å². The van der Waals surface area contributed by atoms with Crippen LogP contribution in [0.25, 0.3) is 11.3 Å². The molecule has 0 bridgehead atoms. The number of nitrogens with zero attached hydrogens (tertiary/aromatic N) is 3. The molecule has 28 heavy (non-hydrogen) atoms. The Morgan fingerprint density at radius 2 is 2.07 bits per heavy atom. The Morgan fingerprint density at radius 3 is 2.64 bits per heavy atom. The smallest absolute Gasteiger partial charge is 0.252 e. The van der Waals surface area contributed by atoms with E-state index in [2.05, 4.69) is 5.10 Å². The lowest BCUT2D eigenvalue weighted by atomic mass is 9.91. The van der Waals surface area contributed by atoms with E-state index in [0.717, 1.165) is 0 Å². The molecule has 1 unspecified atom stereocenters. The molecule has 3 rings (SSSR count). The number of aromatic nitrogens is 2. The minimum atomic E-state index is -0.627. The van der Waals surface area contributed by atoms with Crippen LogP contribution in [0.4, 0.5) is 0 Å². The SMILES string of the molecule is CC(C)(C)CC(=O)N1Cc2c(C(N)=O)c(-c3cccc(Cl)c3)nn2C(CO)C1. The van der Waals surface area contributed by atoms with Crippen molar-refractivity contribution in [3.8, 4) is 11.3 Å². The highest BCUT2D eigenvalue weighted by Crippen LogP contribution is 2.33. The first kappa shape index (κ1) is 20.4. The van der Waals surface area contributed by atoms with Gasteiger partial charge in [-0.05, 0) is 17.5 Å². The van der Waals surface area contributed by atoms with Crippen LogP contribution in [-0.4, -0.2) is 44.8 Å². The number of aliphatic hydroxyl groups is 1. The minimum Gasteiger partial charge on any atom is -0.394 e. The van der Waals surface area contributed by atoms with Gasteiger partial charge in [0.2, 0.25) is 5.91 Å². The summed E-state index contributed by atoms with van der Waals surface area (Å²) >= 11 is 6.09. The van der Waals surface area contributed by atoms with Gasteiger partial charge in [0.15, 0.2) is 0 Å². The fraction of sp³-hybridized carbons (Fsp3) is 0.450. The van der Waals surface area contributed by atoms with Crippen LogP contribution in [0, 0.1) is 5.41 Å². The van der Waals surface area contributed by atoms with Crippen LogP contribution in [0.2, 0.25) is 5.02 Å². The van der Waals surface area contributed by atoms with Gasteiger partial charge >= 0.3 is 0 Å². The fourth-order valence-electron chi connectivity index (χ4n) is 3.49. The maximum absolute atomic E-state index is 12.8. The number of carbonyl (C=O) groups is 2. The molecule has 1 aromatic carbocycles. The van der Waals surface area contributed by atoms with Crippen LogP contribution in [0.1, 0.15) is 49.3 Å². The average molecular weight is 405 g/mol. The minimum absolute atomic E-state index is 0.0295. The van der Waals surface area contributed by atoms with Crippen molar-refractivity contribution in [1.82, 2.24) is 14.7 Å². The number of nitrogens with two attached hydrogens (primary N) is 1. The van der Waals surface area contributed by atoms with E-state index < -0.39 is 11.9 Å². The Balaban J connectivity index is 2.07. The largest absolute Gasteiger partial charge is 0.394 e. The summed E-state index contributed by atoms with van der Waals surface area (Å²) in [5.74, 6) is -0.656. The standard InChI is InChI=1S/C20H25ClN4O3/c1-20(2,3)8-16(27)24-9-14(11-26)25-15(10-24)17(19(22)28)18(23-25)12-5-4-6-13(21)7-12/h4-7,14,26H,8-11H2,1-3H3,(H2,22,28). The summed E-state index contributed by atoms with van der Waals surface area (Å²) in [6.45, 7) is 6.32. The van der Waals surface area contributed by atoms with Crippen LogP contribution < -0.4 is 5.73 Å². The molecule has 1 atom stereocenters. The average Bonchev–Trinajstić information content (AvgIpc) is 2.99. The number of halogens is 1. The third-order valence-corrected chi connectivity index (χ3v) is 4.95. The van der Waals surface area contributed by atoms with Crippen molar-refractivity contribution in [1.29, 1.82) is 0 Å². The van der Waals surface area contributed by atoms with E-state index >= 15 is 0 Å². The second-order valence-electron chi connectivity index (χ2n) is 8.34. The van der Waals surface area contributed by atoms with Crippen LogP contribution in [-0.2, 0) is 11.3 Å². The van der Waals surface area contributed by atoms with Crippen molar-refractivity contribution in [2.45, 2.75) is 39.8 Å². The van der Waals surface area contributed by atoms with E-state index in [1.54, 1.807) is 33.8 Å². The summed E-state index contributed by atoms with van der Waals surface area (Å²) in [5.41, 5.74) is 7.38. The molecule has 0 fully saturated rings. The number of hydrogen-bond acceptors (Lipinski definition) is 4. The van der Waals surface area contributed by atoms with Crippen molar-refractivity contribution in [2.75, 3.05) is 13.2 Å². The van der Waals surface area contributed by atoms with E-state index in [4.69, 9.17) is 17.3 Å². The lowest BCUT2D eigenvalue weighted by Gasteiger charge is -2.34. The molecule has 0 spiro atoms. The predicted molar refractivity (Wildman–Crippen MR) is 107 cm³/mol. The molecule has 8 heteroatoms. The third kappa shape index (κ3) is 4.05. The molecule has 150 valence electrons. The molecule has 1 aliphatic heterocycles. The first-order valence-electron chi connectivity index (χ1n) is 9.16. The van der Waals surface area contributed by atoms with E-state index in [-0.39, 0.29) is 30.0 Å². The molecule has 2 heterocycles. The molecular formula is C20H25ClN4O3. The quantitative estimate of drug-likeness (QED) is 0.817. The molecule has 0 saturated carbocycles. The number of hydrogen-bond donors (Lipinski definition) is 2. The molecular weight excluding hydrogens is 380 g/mol. The molecule has 7 nitrogen and oxygen atoms in total. The maximum atomic E-state index is 12.8. The van der Waals surface area contributed by atoms with Crippen LogP contribution in [0.5, 0.6) is 0 Å². The number of rotatable bonds is 4. The fourth-order valence-corrected chi connectivity index (χ4v) is 3.68. The number of carbonyl (C=O) groups excluding carboxylic acids is 2. The summed E-state index contributed by atoms with van der Waals surface area (Å²) in [5, 5.41) is 15.0. The van der Waals surface area contributed by atoms with Crippen LogP contribution >= 0.6 is 11.6 Å². The van der Waals surface area contributed by atoms with Gasteiger partial charge in [-0.15, -0.1) is 0 Å². The number of aliphatic hydroxyl groups excluding tert-OH is 1. The lowest BCUT2D eigenvalue weighted by molar-refractivity contribution is -0.135. The van der Waals surface area contributed by atoms with Gasteiger partial charge in [0, 0.05) is 23.6 Å². The molecule has 1 aromatic heterocycles. The van der Waals surface area contributed by atoms with Crippen LogP contribution in [0.15, 0.2) is 24.3 Å². The highest BCUT2D eigenvalue weighted by molar-refractivity contribution is 6.30. The Morgan fingerprint density at radius 1 is 1.36 bits per heavy atom. The number of amides is 2. The van der Waals surface area contributed by atoms with Crippen molar-refractivity contribution in [2.24, 2.45) is 11.1 Å². The number of primary amides is 1. The molecule has 2 aromatic rings. The first-order valence-corrected chi connectivity index (χ1v) is 9.54. The first-order chi connectivity index (χ1) is 13.1. The second kappa shape index (κ2) is 7.56. The molecule has 2 amide bonds. The Bertz CT molecular complexity index is 917. The summed E-state index contributed by atoms with van der Waals surface area (Å²) in [6, 6.07) is 6.55. The summed E-state index contributed by atoms with van der Waals surface area (Å²) in [7, 11) is 0. The van der Waals surface area contributed by atoms with E-state index in [1.165, 1.54) is 0 Å². The second-order valence-corrected chi connectivity index (χ2v) is 8.77. The van der Waals surface area contributed by atoms with Gasteiger partial charge in [-0.25, -0.2) is 0 Å². The Hall–Kier alpha value is -2.38. The van der Waals surface area contributed by atoms with Crippen molar-refractivity contribution < 1.29 is 14.7 Å². The summed E-state index contributed by atoms with van der Waals surface area (Å²) < 4.78 is 1.62. The zero-order valence-corrected chi connectivity index (χ0v) is 17.0. The topological polar surface area (TPSA) is 101 Å². The number of fused-ring (bicyclic) bond motifs is 1. The van der Waals surface area contributed by atoms with Crippen LogP contribution in [0.3, 0.4) is 0 Å². The van der Waals surface area contributed by atoms with Crippen molar-refractivity contribution >= 4 is 23.4 Å². The predicted octanol–water partition coefficient (Wildman–Crippen LogP) is 2.61. The maximum Gasteiger partial charge on any atom is 0.252 e. The monoisotopic (exact) mass is 404 g/mol. The normalized spacial score (nSPS) is 16.8. The summed E-state index contributed by atoms with van der Waals surface area (Å²) in [6.07, 6.45) is 0.367. The van der Waals surface area contributed by atoms with Gasteiger partial charge in [-0.1, -0.05) is 44.5 Å². The van der Waals surface area contributed by atoms with Gasteiger partial charge in [0.25, 0.3) is 5.91 Å². The van der Waals surface area contributed by atoms with Gasteiger partial charge in [-0.3, -0.25) is 14.3 Å². The zero-order valence-electron chi connectivity index (χ0n) is 16.3. The van der Waals surface area contributed by atoms with E-state index in [9.17, 15) is 14.7 Å². The lowest BCUT2D eigenvalue weighted by Crippen LogP contribution is -2.44. The highest BCUT2D eigenvalue weighted by Gasteiger charge is 2.35. The van der Waals surface area contributed by atoms with Crippen molar-refractivity contribution in [3.63, 3.8) is 0 Å².